The molecule has 1 fully saturated rings. The van der Waals surface area contributed by atoms with Crippen LogP contribution in [0.1, 0.15) is 31.0 Å². The van der Waals surface area contributed by atoms with Crippen molar-refractivity contribution in [2.45, 2.75) is 45.4 Å². The standard InChI is InChI=1S/C20H27N3O3/c1-3-4-9-22-14-17(21-15-22)12-19-20(24)23(10-11-26-19)13-16-5-7-18(25-2)8-6-16/h5-8,14-15,19H,3-4,9-13H2,1-2H3. The third-order valence-corrected chi connectivity index (χ3v) is 4.65. The smallest absolute Gasteiger partial charge is 0.252 e. The summed E-state index contributed by atoms with van der Waals surface area (Å²) in [6.07, 6.45) is 6.22. The van der Waals surface area contributed by atoms with E-state index in [0.717, 1.165) is 36.4 Å². The Hall–Kier alpha value is -2.34. The molecule has 1 aromatic heterocycles. The maximum absolute atomic E-state index is 12.8. The topological polar surface area (TPSA) is 56.6 Å². The molecule has 1 atom stereocenters. The van der Waals surface area contributed by atoms with Gasteiger partial charge in [0.15, 0.2) is 0 Å². The third kappa shape index (κ3) is 4.64. The lowest BCUT2D eigenvalue weighted by molar-refractivity contribution is -0.153. The Balaban J connectivity index is 1.58. The van der Waals surface area contributed by atoms with Crippen molar-refractivity contribution in [1.29, 1.82) is 0 Å². The number of aromatic nitrogens is 2. The van der Waals surface area contributed by atoms with Gasteiger partial charge in [0.1, 0.15) is 11.9 Å². The van der Waals surface area contributed by atoms with Crippen molar-refractivity contribution in [2.24, 2.45) is 0 Å². The van der Waals surface area contributed by atoms with Gasteiger partial charge in [-0.15, -0.1) is 0 Å². The highest BCUT2D eigenvalue weighted by Gasteiger charge is 2.30. The van der Waals surface area contributed by atoms with Crippen molar-refractivity contribution in [2.75, 3.05) is 20.3 Å². The van der Waals surface area contributed by atoms with E-state index in [0.29, 0.717) is 26.1 Å². The van der Waals surface area contributed by atoms with E-state index in [4.69, 9.17) is 9.47 Å². The molecule has 0 radical (unpaired) electrons. The predicted molar refractivity (Wildman–Crippen MR) is 99.0 cm³/mol. The predicted octanol–water partition coefficient (Wildman–Crippen LogP) is 2.66. The first kappa shape index (κ1) is 18.5. The van der Waals surface area contributed by atoms with E-state index in [9.17, 15) is 4.79 Å². The molecule has 0 bridgehead atoms. The largest absolute Gasteiger partial charge is 0.497 e. The van der Waals surface area contributed by atoms with Crippen molar-refractivity contribution in [3.05, 3.63) is 48.0 Å². The van der Waals surface area contributed by atoms with Crippen LogP contribution in [0.3, 0.4) is 0 Å². The Morgan fingerprint density at radius 3 is 2.85 bits per heavy atom. The first-order valence-electron chi connectivity index (χ1n) is 9.23. The number of imidazole rings is 1. The van der Waals surface area contributed by atoms with Crippen molar-refractivity contribution in [3.63, 3.8) is 0 Å². The molecule has 2 aromatic rings. The number of rotatable bonds is 8. The second-order valence-corrected chi connectivity index (χ2v) is 6.63. The molecule has 0 spiro atoms. The van der Waals surface area contributed by atoms with Gasteiger partial charge >= 0.3 is 0 Å². The minimum atomic E-state index is -0.448. The lowest BCUT2D eigenvalue weighted by Crippen LogP contribution is -2.48. The van der Waals surface area contributed by atoms with Crippen LogP contribution in [0.4, 0.5) is 0 Å². The average molecular weight is 357 g/mol. The number of amides is 1. The summed E-state index contributed by atoms with van der Waals surface area (Å²) in [6, 6.07) is 7.82. The summed E-state index contributed by atoms with van der Waals surface area (Å²) >= 11 is 0. The summed E-state index contributed by atoms with van der Waals surface area (Å²) in [5.74, 6) is 0.855. The number of nitrogens with zero attached hydrogens (tertiary/aromatic N) is 3. The quantitative estimate of drug-likeness (QED) is 0.729. The summed E-state index contributed by atoms with van der Waals surface area (Å²) in [6.45, 7) is 4.90. The lowest BCUT2D eigenvalue weighted by Gasteiger charge is -2.32. The molecular weight excluding hydrogens is 330 g/mol. The van der Waals surface area contributed by atoms with Crippen LogP contribution < -0.4 is 4.74 Å². The first-order valence-corrected chi connectivity index (χ1v) is 9.23. The Morgan fingerprint density at radius 1 is 1.31 bits per heavy atom. The zero-order chi connectivity index (χ0) is 18.4. The number of aryl methyl sites for hydroxylation is 1. The summed E-state index contributed by atoms with van der Waals surface area (Å²) < 4.78 is 13.0. The fraction of sp³-hybridized carbons (Fsp3) is 0.500. The molecule has 6 nitrogen and oxygen atoms in total. The molecule has 0 aliphatic carbocycles. The maximum Gasteiger partial charge on any atom is 0.252 e. The fourth-order valence-electron chi connectivity index (χ4n) is 3.11. The van der Waals surface area contributed by atoms with Crippen LogP contribution in [0.2, 0.25) is 0 Å². The molecule has 1 amide bonds. The van der Waals surface area contributed by atoms with Gasteiger partial charge in [0.05, 0.1) is 25.7 Å². The van der Waals surface area contributed by atoms with Crippen LogP contribution in [0.15, 0.2) is 36.8 Å². The Kier molecular flexibility index (Phi) is 6.28. The monoisotopic (exact) mass is 357 g/mol. The molecule has 1 saturated heterocycles. The second-order valence-electron chi connectivity index (χ2n) is 6.63. The molecule has 3 rings (SSSR count). The number of hydrogen-bond acceptors (Lipinski definition) is 4. The minimum Gasteiger partial charge on any atom is -0.497 e. The van der Waals surface area contributed by atoms with Crippen molar-refractivity contribution >= 4 is 5.91 Å². The Bertz CT molecular complexity index is 711. The van der Waals surface area contributed by atoms with Crippen LogP contribution in [0, 0.1) is 0 Å². The number of hydrogen-bond donors (Lipinski definition) is 0. The number of morpholine rings is 1. The molecule has 26 heavy (non-hydrogen) atoms. The van der Waals surface area contributed by atoms with E-state index in [-0.39, 0.29) is 5.91 Å². The molecule has 0 saturated carbocycles. The SMILES string of the molecule is CCCCn1cnc(CC2OCCN(Cc3ccc(OC)cc3)C2=O)c1. The van der Waals surface area contributed by atoms with Crippen LogP contribution in [-0.4, -0.2) is 46.7 Å². The van der Waals surface area contributed by atoms with E-state index in [1.807, 2.05) is 41.7 Å². The highest BCUT2D eigenvalue weighted by atomic mass is 16.5. The normalized spacial score (nSPS) is 17.5. The number of carbonyl (C=O) groups excluding carboxylic acids is 1. The number of ether oxygens (including phenoxy) is 2. The van der Waals surface area contributed by atoms with Gasteiger partial charge in [0, 0.05) is 32.3 Å². The summed E-state index contributed by atoms with van der Waals surface area (Å²) in [7, 11) is 1.65. The zero-order valence-electron chi connectivity index (χ0n) is 15.6. The van der Waals surface area contributed by atoms with Gasteiger partial charge in [0.2, 0.25) is 0 Å². The summed E-state index contributed by atoms with van der Waals surface area (Å²) in [5.41, 5.74) is 1.99. The molecule has 2 heterocycles. The van der Waals surface area contributed by atoms with Gasteiger partial charge in [-0.2, -0.15) is 0 Å². The Labute approximate surface area is 154 Å². The first-order chi connectivity index (χ1) is 12.7. The van der Waals surface area contributed by atoms with Gasteiger partial charge in [-0.05, 0) is 24.1 Å². The Morgan fingerprint density at radius 2 is 2.12 bits per heavy atom. The van der Waals surface area contributed by atoms with E-state index in [1.165, 1.54) is 0 Å². The molecule has 0 N–H and O–H groups in total. The third-order valence-electron chi connectivity index (χ3n) is 4.65. The van der Waals surface area contributed by atoms with Gasteiger partial charge in [-0.1, -0.05) is 25.5 Å². The van der Waals surface area contributed by atoms with Crippen LogP contribution >= 0.6 is 0 Å². The van der Waals surface area contributed by atoms with Gasteiger partial charge in [-0.3, -0.25) is 4.79 Å². The zero-order valence-corrected chi connectivity index (χ0v) is 15.6. The van der Waals surface area contributed by atoms with Gasteiger partial charge < -0.3 is 18.9 Å². The van der Waals surface area contributed by atoms with E-state index < -0.39 is 6.10 Å². The van der Waals surface area contributed by atoms with Crippen molar-refractivity contribution < 1.29 is 14.3 Å². The van der Waals surface area contributed by atoms with E-state index >= 15 is 0 Å². The molecule has 1 aliphatic heterocycles. The van der Waals surface area contributed by atoms with E-state index in [2.05, 4.69) is 16.5 Å². The second kappa shape index (κ2) is 8.85. The number of unbranched alkanes of at least 4 members (excludes halogenated alkanes) is 1. The van der Waals surface area contributed by atoms with Crippen LogP contribution in [0.5, 0.6) is 5.75 Å². The minimum absolute atomic E-state index is 0.0372. The molecule has 1 aromatic carbocycles. The fourth-order valence-corrected chi connectivity index (χ4v) is 3.11. The van der Waals surface area contributed by atoms with Gasteiger partial charge in [-0.25, -0.2) is 4.98 Å². The summed E-state index contributed by atoms with van der Waals surface area (Å²) in [4.78, 5) is 19.1. The molecule has 6 heteroatoms. The number of methoxy groups -OCH3 is 1. The van der Waals surface area contributed by atoms with Gasteiger partial charge in [0.25, 0.3) is 5.91 Å². The van der Waals surface area contributed by atoms with Crippen LogP contribution in [-0.2, 0) is 29.0 Å². The summed E-state index contributed by atoms with van der Waals surface area (Å²) in [5, 5.41) is 0. The van der Waals surface area contributed by atoms with Crippen LogP contribution in [0.25, 0.3) is 0 Å². The maximum atomic E-state index is 12.8. The number of benzene rings is 1. The molecule has 1 aliphatic rings. The molecule has 140 valence electrons. The molecular formula is C20H27N3O3. The van der Waals surface area contributed by atoms with E-state index in [1.54, 1.807) is 7.11 Å². The molecule has 1 unspecified atom stereocenters. The average Bonchev–Trinajstić information content (AvgIpc) is 3.11. The number of carbonyl (C=O) groups is 1. The lowest BCUT2D eigenvalue weighted by atomic mass is 10.1. The van der Waals surface area contributed by atoms with Crippen molar-refractivity contribution in [1.82, 2.24) is 14.5 Å². The highest BCUT2D eigenvalue weighted by molar-refractivity contribution is 5.81. The van der Waals surface area contributed by atoms with Crippen molar-refractivity contribution in [3.8, 4) is 5.75 Å². The highest BCUT2D eigenvalue weighted by Crippen LogP contribution is 2.17.